The zero-order valence-electron chi connectivity index (χ0n) is 15.0. The number of hydrogen-bond acceptors (Lipinski definition) is 3. The fourth-order valence-electron chi connectivity index (χ4n) is 2.64. The first-order chi connectivity index (χ1) is 12.2. The maximum absolute atomic E-state index is 12.3. The highest BCUT2D eigenvalue weighted by Gasteiger charge is 2.11. The van der Waals surface area contributed by atoms with Gasteiger partial charge in [-0.25, -0.2) is 0 Å². The number of carbonyl (C=O) groups excluding carboxylic acids is 1. The molecule has 0 aliphatic heterocycles. The van der Waals surface area contributed by atoms with Gasteiger partial charge in [0.2, 0.25) is 5.91 Å². The van der Waals surface area contributed by atoms with Gasteiger partial charge in [-0.2, -0.15) is 0 Å². The van der Waals surface area contributed by atoms with Crippen LogP contribution in [0, 0.1) is 0 Å². The molecule has 0 aliphatic rings. The van der Waals surface area contributed by atoms with Crippen LogP contribution in [0.2, 0.25) is 0 Å². The Bertz CT molecular complexity index is 710. The lowest BCUT2D eigenvalue weighted by Gasteiger charge is -2.17. The summed E-state index contributed by atoms with van der Waals surface area (Å²) in [6.07, 6.45) is 5.22. The molecular formula is C21H25NO3. The van der Waals surface area contributed by atoms with E-state index in [4.69, 9.17) is 9.47 Å². The molecule has 2 aromatic rings. The summed E-state index contributed by atoms with van der Waals surface area (Å²) in [6, 6.07) is 15.6. The van der Waals surface area contributed by atoms with Gasteiger partial charge in [0.1, 0.15) is 0 Å². The van der Waals surface area contributed by atoms with Gasteiger partial charge in [0, 0.05) is 6.08 Å². The van der Waals surface area contributed by atoms with E-state index in [2.05, 4.69) is 12.2 Å². The number of rotatable bonds is 8. The molecule has 0 saturated carbocycles. The molecule has 2 aromatic carbocycles. The number of hydrogen-bond donors (Lipinski definition) is 1. The molecule has 2 rings (SSSR count). The molecule has 1 unspecified atom stereocenters. The summed E-state index contributed by atoms with van der Waals surface area (Å²) in [4.78, 5) is 12.3. The van der Waals surface area contributed by atoms with Gasteiger partial charge in [0.25, 0.3) is 0 Å². The van der Waals surface area contributed by atoms with Gasteiger partial charge in [0.05, 0.1) is 20.3 Å². The monoisotopic (exact) mass is 339 g/mol. The van der Waals surface area contributed by atoms with Crippen LogP contribution in [0.15, 0.2) is 54.6 Å². The fourth-order valence-corrected chi connectivity index (χ4v) is 2.64. The van der Waals surface area contributed by atoms with Crippen LogP contribution in [0.25, 0.3) is 6.08 Å². The molecule has 4 heteroatoms. The molecule has 0 aromatic heterocycles. The van der Waals surface area contributed by atoms with Crippen molar-refractivity contribution in [1.29, 1.82) is 0 Å². The summed E-state index contributed by atoms with van der Waals surface area (Å²) < 4.78 is 10.5. The van der Waals surface area contributed by atoms with Crippen molar-refractivity contribution < 1.29 is 14.3 Å². The van der Waals surface area contributed by atoms with Gasteiger partial charge < -0.3 is 14.8 Å². The zero-order chi connectivity index (χ0) is 18.1. The Balaban J connectivity index is 2.06. The van der Waals surface area contributed by atoms with Crippen LogP contribution in [0.3, 0.4) is 0 Å². The Hall–Kier alpha value is -2.75. The maximum atomic E-state index is 12.3. The van der Waals surface area contributed by atoms with Crippen LogP contribution < -0.4 is 14.8 Å². The molecule has 4 nitrogen and oxygen atoms in total. The second-order valence-electron chi connectivity index (χ2n) is 5.71. The zero-order valence-corrected chi connectivity index (χ0v) is 15.0. The Morgan fingerprint density at radius 1 is 1.08 bits per heavy atom. The average Bonchev–Trinajstić information content (AvgIpc) is 2.66. The Labute approximate surface area is 149 Å². The van der Waals surface area contributed by atoms with Crippen LogP contribution >= 0.6 is 0 Å². The molecule has 0 fully saturated rings. The Morgan fingerprint density at radius 3 is 2.44 bits per heavy atom. The highest BCUT2D eigenvalue weighted by molar-refractivity contribution is 5.92. The van der Waals surface area contributed by atoms with Crippen LogP contribution in [-0.4, -0.2) is 20.1 Å². The lowest BCUT2D eigenvalue weighted by atomic mass is 10.0. The van der Waals surface area contributed by atoms with Gasteiger partial charge in [-0.15, -0.1) is 0 Å². The van der Waals surface area contributed by atoms with Gasteiger partial charge >= 0.3 is 0 Å². The number of nitrogens with one attached hydrogen (secondary N) is 1. The van der Waals surface area contributed by atoms with Crippen molar-refractivity contribution >= 4 is 12.0 Å². The molecule has 0 heterocycles. The van der Waals surface area contributed by atoms with Gasteiger partial charge in [0.15, 0.2) is 11.5 Å². The van der Waals surface area contributed by atoms with Crippen molar-refractivity contribution in [1.82, 2.24) is 5.32 Å². The molecule has 1 N–H and O–H groups in total. The smallest absolute Gasteiger partial charge is 0.244 e. The first-order valence-electron chi connectivity index (χ1n) is 8.43. The third-order valence-electron chi connectivity index (χ3n) is 3.93. The normalized spacial score (nSPS) is 12.0. The van der Waals surface area contributed by atoms with Gasteiger partial charge in [-0.05, 0) is 35.8 Å². The molecule has 1 atom stereocenters. The van der Waals surface area contributed by atoms with Crippen molar-refractivity contribution in [3.05, 3.63) is 65.7 Å². The minimum absolute atomic E-state index is 0.0220. The molecule has 0 radical (unpaired) electrons. The van der Waals surface area contributed by atoms with Crippen molar-refractivity contribution in [2.24, 2.45) is 0 Å². The quantitative estimate of drug-likeness (QED) is 0.726. The molecule has 0 aliphatic carbocycles. The summed E-state index contributed by atoms with van der Waals surface area (Å²) in [5.41, 5.74) is 2.00. The molecule has 25 heavy (non-hydrogen) atoms. The molecular weight excluding hydrogens is 314 g/mol. The predicted molar refractivity (Wildman–Crippen MR) is 101 cm³/mol. The molecule has 0 bridgehead atoms. The summed E-state index contributed by atoms with van der Waals surface area (Å²) in [7, 11) is 3.19. The number of amides is 1. The Morgan fingerprint density at radius 2 is 1.80 bits per heavy atom. The van der Waals surface area contributed by atoms with Crippen LogP contribution in [-0.2, 0) is 4.79 Å². The standard InChI is InChI=1S/C21H25NO3/c1-4-8-18(17-9-6-5-7-10-17)22-21(23)14-12-16-11-13-19(24-2)20(15-16)25-3/h5-7,9-15,18H,4,8H2,1-3H3,(H,22,23)/b14-12+. The second-order valence-corrected chi connectivity index (χ2v) is 5.71. The SMILES string of the molecule is CCCC(NC(=O)/C=C/c1ccc(OC)c(OC)c1)c1ccccc1. The number of methoxy groups -OCH3 is 2. The lowest BCUT2D eigenvalue weighted by molar-refractivity contribution is -0.117. The Kier molecular flexibility index (Phi) is 7.08. The van der Waals surface area contributed by atoms with E-state index in [0.29, 0.717) is 11.5 Å². The van der Waals surface area contributed by atoms with Gasteiger partial charge in [-0.1, -0.05) is 49.7 Å². The van der Waals surface area contributed by atoms with Crippen LogP contribution in [0.5, 0.6) is 11.5 Å². The van der Waals surface area contributed by atoms with E-state index in [9.17, 15) is 4.79 Å². The first-order valence-corrected chi connectivity index (χ1v) is 8.43. The topological polar surface area (TPSA) is 47.6 Å². The van der Waals surface area contributed by atoms with Crippen LogP contribution in [0.4, 0.5) is 0 Å². The van der Waals surface area contributed by atoms with Gasteiger partial charge in [-0.3, -0.25) is 4.79 Å². The van der Waals surface area contributed by atoms with E-state index in [1.165, 1.54) is 0 Å². The highest BCUT2D eigenvalue weighted by atomic mass is 16.5. The van der Waals surface area contributed by atoms with Crippen molar-refractivity contribution in [3.8, 4) is 11.5 Å². The maximum Gasteiger partial charge on any atom is 0.244 e. The molecule has 0 spiro atoms. The van der Waals surface area contributed by atoms with Crippen molar-refractivity contribution in [2.45, 2.75) is 25.8 Å². The summed E-state index contributed by atoms with van der Waals surface area (Å²) in [5, 5.41) is 3.07. The molecule has 0 saturated heterocycles. The van der Waals surface area contributed by atoms with E-state index in [0.717, 1.165) is 24.0 Å². The summed E-state index contributed by atoms with van der Waals surface area (Å²) in [6.45, 7) is 2.11. The minimum atomic E-state index is -0.114. The highest BCUT2D eigenvalue weighted by Crippen LogP contribution is 2.28. The number of benzene rings is 2. The third kappa shape index (κ3) is 5.38. The summed E-state index contributed by atoms with van der Waals surface area (Å²) >= 11 is 0. The number of carbonyl (C=O) groups is 1. The second kappa shape index (κ2) is 9.52. The fraction of sp³-hybridized carbons (Fsp3) is 0.286. The van der Waals surface area contributed by atoms with E-state index in [1.54, 1.807) is 26.4 Å². The number of ether oxygens (including phenoxy) is 2. The molecule has 132 valence electrons. The molecule has 1 amide bonds. The summed E-state index contributed by atoms with van der Waals surface area (Å²) in [5.74, 6) is 1.19. The average molecular weight is 339 g/mol. The van der Waals surface area contributed by atoms with E-state index >= 15 is 0 Å². The lowest BCUT2D eigenvalue weighted by Crippen LogP contribution is -2.26. The first kappa shape index (κ1) is 18.6. The third-order valence-corrected chi connectivity index (χ3v) is 3.93. The van der Waals surface area contributed by atoms with Crippen LogP contribution in [0.1, 0.15) is 36.9 Å². The van der Waals surface area contributed by atoms with E-state index in [-0.39, 0.29) is 11.9 Å². The largest absolute Gasteiger partial charge is 0.493 e. The van der Waals surface area contributed by atoms with E-state index < -0.39 is 0 Å². The van der Waals surface area contributed by atoms with Crippen molar-refractivity contribution in [3.63, 3.8) is 0 Å². The van der Waals surface area contributed by atoms with E-state index in [1.807, 2.05) is 48.5 Å². The minimum Gasteiger partial charge on any atom is -0.493 e. The van der Waals surface area contributed by atoms with Crippen molar-refractivity contribution in [2.75, 3.05) is 14.2 Å². The predicted octanol–water partition coefficient (Wildman–Crippen LogP) is 4.37.